The molecule has 16 heavy (non-hydrogen) atoms. The summed E-state index contributed by atoms with van der Waals surface area (Å²) in [6.07, 6.45) is 0. The number of aryl methyl sites for hydroxylation is 2. The van der Waals surface area contributed by atoms with Crippen LogP contribution in [0.3, 0.4) is 0 Å². The van der Waals surface area contributed by atoms with Gasteiger partial charge < -0.3 is 5.73 Å². The van der Waals surface area contributed by atoms with E-state index in [0.29, 0.717) is 12.6 Å². The molecule has 1 atom stereocenters. The molecule has 1 aromatic rings. The molecule has 90 valence electrons. The highest BCUT2D eigenvalue weighted by molar-refractivity contribution is 5.31. The molecule has 0 saturated carbocycles. The Labute approximate surface area is 99.5 Å². The number of benzene rings is 1. The summed E-state index contributed by atoms with van der Waals surface area (Å²) >= 11 is 0. The fourth-order valence-electron chi connectivity index (χ4n) is 2.13. The van der Waals surface area contributed by atoms with Crippen LogP contribution in [0.2, 0.25) is 0 Å². The molecular formula is C14H24N2. The molecule has 0 fully saturated rings. The van der Waals surface area contributed by atoms with Gasteiger partial charge in [0.25, 0.3) is 0 Å². The monoisotopic (exact) mass is 220 g/mol. The van der Waals surface area contributed by atoms with Crippen LogP contribution in [0, 0.1) is 13.8 Å². The summed E-state index contributed by atoms with van der Waals surface area (Å²) in [4.78, 5) is 2.41. The van der Waals surface area contributed by atoms with Crippen molar-refractivity contribution in [3.63, 3.8) is 0 Å². The van der Waals surface area contributed by atoms with Gasteiger partial charge in [-0.2, -0.15) is 0 Å². The van der Waals surface area contributed by atoms with Gasteiger partial charge in [0.05, 0.1) is 0 Å². The van der Waals surface area contributed by atoms with Crippen LogP contribution in [-0.2, 0) is 0 Å². The van der Waals surface area contributed by atoms with E-state index in [1.807, 2.05) is 0 Å². The van der Waals surface area contributed by atoms with Crippen molar-refractivity contribution < 1.29 is 0 Å². The highest BCUT2D eigenvalue weighted by atomic mass is 15.2. The number of rotatable bonds is 5. The minimum Gasteiger partial charge on any atom is -0.329 e. The molecule has 1 unspecified atom stereocenters. The Morgan fingerprint density at radius 2 is 1.75 bits per heavy atom. The molecule has 0 saturated heterocycles. The number of nitrogens with zero attached hydrogens (tertiary/aromatic N) is 1. The minimum absolute atomic E-state index is 0.356. The average molecular weight is 220 g/mol. The molecule has 0 radical (unpaired) electrons. The molecule has 1 rings (SSSR count). The van der Waals surface area contributed by atoms with Crippen molar-refractivity contribution in [2.75, 3.05) is 19.6 Å². The van der Waals surface area contributed by atoms with Gasteiger partial charge in [-0.25, -0.2) is 0 Å². The third-order valence-electron chi connectivity index (χ3n) is 3.39. The lowest BCUT2D eigenvalue weighted by atomic mass is 10.00. The van der Waals surface area contributed by atoms with Crippen LogP contribution < -0.4 is 5.73 Å². The predicted molar refractivity (Wildman–Crippen MR) is 70.6 cm³/mol. The van der Waals surface area contributed by atoms with E-state index in [4.69, 9.17) is 5.73 Å². The Hall–Kier alpha value is -0.860. The van der Waals surface area contributed by atoms with Crippen LogP contribution in [0.4, 0.5) is 0 Å². The van der Waals surface area contributed by atoms with Gasteiger partial charge in [0.1, 0.15) is 0 Å². The Bertz CT molecular complexity index is 330. The van der Waals surface area contributed by atoms with E-state index >= 15 is 0 Å². The lowest BCUT2D eigenvalue weighted by Gasteiger charge is -2.29. The number of nitrogens with two attached hydrogens (primary N) is 1. The molecule has 0 aliphatic carbocycles. The van der Waals surface area contributed by atoms with E-state index in [2.05, 4.69) is 50.8 Å². The maximum absolute atomic E-state index is 5.90. The van der Waals surface area contributed by atoms with Crippen molar-refractivity contribution in [1.29, 1.82) is 0 Å². The van der Waals surface area contributed by atoms with E-state index in [0.717, 1.165) is 13.1 Å². The summed E-state index contributed by atoms with van der Waals surface area (Å²) in [7, 11) is 0. The van der Waals surface area contributed by atoms with Gasteiger partial charge in [-0.3, -0.25) is 4.90 Å². The molecule has 0 bridgehead atoms. The molecule has 0 aliphatic heterocycles. The van der Waals surface area contributed by atoms with Crippen LogP contribution in [0.1, 0.15) is 36.6 Å². The van der Waals surface area contributed by atoms with Gasteiger partial charge in [0.15, 0.2) is 0 Å². The second-order valence-electron chi connectivity index (χ2n) is 4.32. The summed E-state index contributed by atoms with van der Waals surface area (Å²) in [5.74, 6) is 0. The van der Waals surface area contributed by atoms with E-state index in [1.54, 1.807) is 0 Å². The third-order valence-corrected chi connectivity index (χ3v) is 3.39. The van der Waals surface area contributed by atoms with E-state index < -0.39 is 0 Å². The van der Waals surface area contributed by atoms with Crippen molar-refractivity contribution in [3.05, 3.63) is 34.9 Å². The number of hydrogen-bond acceptors (Lipinski definition) is 2. The van der Waals surface area contributed by atoms with Crippen LogP contribution in [-0.4, -0.2) is 24.5 Å². The highest BCUT2D eigenvalue weighted by Crippen LogP contribution is 2.21. The lowest BCUT2D eigenvalue weighted by Crippen LogP contribution is -2.33. The summed E-state index contributed by atoms with van der Waals surface area (Å²) in [6.45, 7) is 11.5. The first-order valence-corrected chi connectivity index (χ1v) is 6.15. The topological polar surface area (TPSA) is 29.3 Å². The molecule has 2 nitrogen and oxygen atoms in total. The summed E-state index contributed by atoms with van der Waals surface area (Å²) < 4.78 is 0. The zero-order valence-corrected chi connectivity index (χ0v) is 11.0. The molecule has 0 aromatic heterocycles. The first kappa shape index (κ1) is 13.2. The smallest absolute Gasteiger partial charge is 0.0470 e. The fourth-order valence-corrected chi connectivity index (χ4v) is 2.13. The largest absolute Gasteiger partial charge is 0.329 e. The highest BCUT2D eigenvalue weighted by Gasteiger charge is 2.16. The van der Waals surface area contributed by atoms with E-state index in [-0.39, 0.29) is 0 Å². The van der Waals surface area contributed by atoms with Gasteiger partial charge in [-0.05, 0) is 43.6 Å². The van der Waals surface area contributed by atoms with Crippen molar-refractivity contribution in [2.45, 2.75) is 33.7 Å². The van der Waals surface area contributed by atoms with Gasteiger partial charge in [0, 0.05) is 12.6 Å². The van der Waals surface area contributed by atoms with Gasteiger partial charge in [-0.15, -0.1) is 0 Å². The Balaban J connectivity index is 2.98. The minimum atomic E-state index is 0.356. The molecule has 0 spiro atoms. The quantitative estimate of drug-likeness (QED) is 0.826. The summed E-state index contributed by atoms with van der Waals surface area (Å²) in [5, 5.41) is 0. The normalized spacial score (nSPS) is 13.1. The number of likely N-dealkylation sites (N-methyl/N-ethyl adjacent to an activating group) is 1. The van der Waals surface area contributed by atoms with Gasteiger partial charge in [-0.1, -0.05) is 32.0 Å². The van der Waals surface area contributed by atoms with Crippen LogP contribution in [0.15, 0.2) is 18.2 Å². The van der Waals surface area contributed by atoms with E-state index in [9.17, 15) is 0 Å². The van der Waals surface area contributed by atoms with Gasteiger partial charge >= 0.3 is 0 Å². The maximum atomic E-state index is 5.90. The number of hydrogen-bond donors (Lipinski definition) is 1. The second kappa shape index (κ2) is 6.02. The second-order valence-corrected chi connectivity index (χ2v) is 4.32. The Morgan fingerprint density at radius 1 is 1.12 bits per heavy atom. The molecule has 1 aromatic carbocycles. The van der Waals surface area contributed by atoms with Crippen LogP contribution in [0.5, 0.6) is 0 Å². The molecule has 2 heteroatoms. The fraction of sp³-hybridized carbons (Fsp3) is 0.571. The standard InChI is InChI=1S/C14H24N2/c1-5-16(6-2)14(10-15)13-8-7-11(3)12(4)9-13/h7-9,14H,5-6,10,15H2,1-4H3. The molecular weight excluding hydrogens is 196 g/mol. The molecule has 0 aliphatic rings. The zero-order valence-electron chi connectivity index (χ0n) is 11.0. The first-order valence-electron chi connectivity index (χ1n) is 6.15. The lowest BCUT2D eigenvalue weighted by molar-refractivity contribution is 0.224. The van der Waals surface area contributed by atoms with Crippen molar-refractivity contribution in [1.82, 2.24) is 4.90 Å². The zero-order chi connectivity index (χ0) is 12.1. The third kappa shape index (κ3) is 2.83. The van der Waals surface area contributed by atoms with Crippen molar-refractivity contribution in [3.8, 4) is 0 Å². The SMILES string of the molecule is CCN(CC)C(CN)c1ccc(C)c(C)c1. The average Bonchev–Trinajstić information content (AvgIpc) is 2.29. The van der Waals surface area contributed by atoms with Crippen molar-refractivity contribution in [2.24, 2.45) is 5.73 Å². The van der Waals surface area contributed by atoms with Crippen molar-refractivity contribution >= 4 is 0 Å². The summed E-state index contributed by atoms with van der Waals surface area (Å²) in [6, 6.07) is 7.02. The van der Waals surface area contributed by atoms with Crippen LogP contribution >= 0.6 is 0 Å². The Kier molecular flexibility index (Phi) is 4.97. The first-order chi connectivity index (χ1) is 7.63. The molecule has 0 amide bonds. The summed E-state index contributed by atoms with van der Waals surface area (Å²) in [5.41, 5.74) is 9.94. The van der Waals surface area contributed by atoms with E-state index in [1.165, 1.54) is 16.7 Å². The molecule has 2 N–H and O–H groups in total. The molecule has 0 heterocycles. The maximum Gasteiger partial charge on any atom is 0.0470 e. The predicted octanol–water partition coefficient (Wildman–Crippen LogP) is 2.65. The van der Waals surface area contributed by atoms with Crippen LogP contribution in [0.25, 0.3) is 0 Å². The van der Waals surface area contributed by atoms with Gasteiger partial charge in [0.2, 0.25) is 0 Å². The Morgan fingerprint density at radius 3 is 2.19 bits per heavy atom.